The summed E-state index contributed by atoms with van der Waals surface area (Å²) in [5.74, 6) is 0.870. The van der Waals surface area contributed by atoms with Crippen LogP contribution in [0.4, 0.5) is 0 Å². The van der Waals surface area contributed by atoms with E-state index < -0.39 is 0 Å². The van der Waals surface area contributed by atoms with Crippen molar-refractivity contribution >= 4 is 10.9 Å². The van der Waals surface area contributed by atoms with Gasteiger partial charge in [0.05, 0.1) is 17.0 Å². The average Bonchev–Trinajstić information content (AvgIpc) is 2.91. The average molecular weight is 240 g/mol. The third-order valence-corrected chi connectivity index (χ3v) is 3.31. The van der Waals surface area contributed by atoms with Crippen molar-refractivity contribution in [2.75, 3.05) is 0 Å². The zero-order valence-electron chi connectivity index (χ0n) is 10.9. The molecule has 0 fully saturated rings. The Kier molecular flexibility index (Phi) is 2.47. The molecule has 1 aromatic carbocycles. The van der Waals surface area contributed by atoms with Crippen LogP contribution in [0.25, 0.3) is 22.2 Å². The number of fused-ring (bicyclic) bond motifs is 1. The van der Waals surface area contributed by atoms with Crippen molar-refractivity contribution in [2.24, 2.45) is 0 Å². The molecule has 3 aromatic rings. The first kappa shape index (κ1) is 11.1. The van der Waals surface area contributed by atoms with E-state index in [1.54, 1.807) is 0 Å². The number of hydrogen-bond acceptors (Lipinski definition) is 2. The van der Waals surface area contributed by atoms with Gasteiger partial charge in [0.2, 0.25) is 0 Å². The van der Waals surface area contributed by atoms with Crippen molar-refractivity contribution < 1.29 is 4.52 Å². The predicted octanol–water partition coefficient (Wildman–Crippen LogP) is 4.00. The van der Waals surface area contributed by atoms with E-state index in [1.807, 2.05) is 6.92 Å². The lowest BCUT2D eigenvalue weighted by atomic mass is 10.1. The first-order valence-electron chi connectivity index (χ1n) is 6.24. The Morgan fingerprint density at radius 3 is 2.83 bits per heavy atom. The fourth-order valence-electron chi connectivity index (χ4n) is 2.39. The van der Waals surface area contributed by atoms with E-state index in [1.165, 1.54) is 10.9 Å². The van der Waals surface area contributed by atoms with Crippen LogP contribution < -0.4 is 0 Å². The number of aromatic amines is 1. The third kappa shape index (κ3) is 1.63. The molecule has 0 amide bonds. The summed E-state index contributed by atoms with van der Waals surface area (Å²) in [6.07, 6.45) is 0.876. The van der Waals surface area contributed by atoms with Gasteiger partial charge in [-0.15, -0.1) is 0 Å². The second-order valence-corrected chi connectivity index (χ2v) is 4.69. The molecular weight excluding hydrogens is 224 g/mol. The zero-order valence-corrected chi connectivity index (χ0v) is 10.9. The summed E-state index contributed by atoms with van der Waals surface area (Å²) >= 11 is 0. The number of aromatic nitrogens is 2. The highest BCUT2D eigenvalue weighted by Crippen LogP contribution is 2.30. The second-order valence-electron chi connectivity index (χ2n) is 4.69. The van der Waals surface area contributed by atoms with Crippen LogP contribution in [0.3, 0.4) is 0 Å². The molecule has 0 unspecified atom stereocenters. The second kappa shape index (κ2) is 4.02. The van der Waals surface area contributed by atoms with Crippen molar-refractivity contribution in [3.63, 3.8) is 0 Å². The quantitative estimate of drug-likeness (QED) is 0.735. The Morgan fingerprint density at radius 2 is 2.06 bits per heavy atom. The molecule has 0 bridgehead atoms. The van der Waals surface area contributed by atoms with Gasteiger partial charge in [-0.25, -0.2) is 0 Å². The fourth-order valence-corrected chi connectivity index (χ4v) is 2.39. The fraction of sp³-hybridized carbons (Fsp3) is 0.267. The summed E-state index contributed by atoms with van der Waals surface area (Å²) in [5, 5.41) is 5.33. The van der Waals surface area contributed by atoms with Crippen molar-refractivity contribution in [3.05, 3.63) is 41.3 Å². The molecule has 0 aliphatic rings. The monoisotopic (exact) mass is 240 g/mol. The first-order chi connectivity index (χ1) is 8.69. The van der Waals surface area contributed by atoms with E-state index in [-0.39, 0.29) is 0 Å². The molecule has 0 spiro atoms. The molecule has 0 saturated carbocycles. The predicted molar refractivity (Wildman–Crippen MR) is 72.6 cm³/mol. The maximum atomic E-state index is 5.29. The van der Waals surface area contributed by atoms with E-state index in [2.05, 4.69) is 48.3 Å². The van der Waals surface area contributed by atoms with Crippen molar-refractivity contribution in [1.82, 2.24) is 10.1 Å². The lowest BCUT2D eigenvalue weighted by molar-refractivity contribution is 0.391. The van der Waals surface area contributed by atoms with Gasteiger partial charge in [0.15, 0.2) is 0 Å². The van der Waals surface area contributed by atoms with Crippen molar-refractivity contribution in [2.45, 2.75) is 27.2 Å². The molecule has 0 aliphatic heterocycles. The zero-order chi connectivity index (χ0) is 12.7. The third-order valence-electron chi connectivity index (χ3n) is 3.31. The normalized spacial score (nSPS) is 11.3. The molecule has 0 aliphatic carbocycles. The van der Waals surface area contributed by atoms with Gasteiger partial charge in [0, 0.05) is 10.9 Å². The highest BCUT2D eigenvalue weighted by Gasteiger charge is 2.15. The molecule has 2 heterocycles. The first-order valence-corrected chi connectivity index (χ1v) is 6.24. The summed E-state index contributed by atoms with van der Waals surface area (Å²) in [6.45, 7) is 6.15. The summed E-state index contributed by atoms with van der Waals surface area (Å²) in [5.41, 5.74) is 5.62. The number of hydrogen-bond donors (Lipinski definition) is 1. The summed E-state index contributed by atoms with van der Waals surface area (Å²) in [7, 11) is 0. The van der Waals surface area contributed by atoms with E-state index in [0.717, 1.165) is 34.6 Å². The van der Waals surface area contributed by atoms with Gasteiger partial charge in [-0.05, 0) is 38.5 Å². The summed E-state index contributed by atoms with van der Waals surface area (Å²) < 4.78 is 5.29. The molecule has 3 heteroatoms. The molecule has 0 saturated heterocycles. The van der Waals surface area contributed by atoms with E-state index in [9.17, 15) is 0 Å². The summed E-state index contributed by atoms with van der Waals surface area (Å²) in [4.78, 5) is 3.44. The Morgan fingerprint density at radius 1 is 1.22 bits per heavy atom. The van der Waals surface area contributed by atoms with E-state index in [4.69, 9.17) is 4.52 Å². The van der Waals surface area contributed by atoms with Crippen LogP contribution in [0.5, 0.6) is 0 Å². The lowest BCUT2D eigenvalue weighted by Gasteiger charge is -1.96. The maximum absolute atomic E-state index is 5.29. The van der Waals surface area contributed by atoms with Gasteiger partial charge in [-0.3, -0.25) is 0 Å². The molecule has 18 heavy (non-hydrogen) atoms. The van der Waals surface area contributed by atoms with Crippen LogP contribution in [0.1, 0.15) is 23.9 Å². The Balaban J connectivity index is 2.22. The molecule has 3 nitrogen and oxygen atoms in total. The van der Waals surface area contributed by atoms with Gasteiger partial charge in [0.1, 0.15) is 5.76 Å². The van der Waals surface area contributed by atoms with Crippen LogP contribution in [-0.4, -0.2) is 10.1 Å². The van der Waals surface area contributed by atoms with Gasteiger partial charge in [-0.2, -0.15) is 0 Å². The van der Waals surface area contributed by atoms with Gasteiger partial charge in [-0.1, -0.05) is 23.7 Å². The minimum atomic E-state index is 0.870. The molecule has 0 atom stereocenters. The molecular formula is C15H16N2O. The van der Waals surface area contributed by atoms with Crippen molar-refractivity contribution in [3.8, 4) is 11.3 Å². The van der Waals surface area contributed by atoms with Crippen LogP contribution in [-0.2, 0) is 6.42 Å². The van der Waals surface area contributed by atoms with Crippen LogP contribution >= 0.6 is 0 Å². The Labute approximate surface area is 106 Å². The number of H-pyrrole nitrogens is 1. The van der Waals surface area contributed by atoms with E-state index in [0.29, 0.717) is 0 Å². The van der Waals surface area contributed by atoms with Gasteiger partial charge < -0.3 is 9.51 Å². The Bertz CT molecular complexity index is 706. The Hall–Kier alpha value is -2.03. The minimum Gasteiger partial charge on any atom is -0.361 e. The topological polar surface area (TPSA) is 41.8 Å². The number of nitrogens with one attached hydrogen (secondary N) is 1. The largest absolute Gasteiger partial charge is 0.361 e. The van der Waals surface area contributed by atoms with Crippen molar-refractivity contribution in [1.29, 1.82) is 0 Å². The smallest absolute Gasteiger partial charge is 0.143 e. The molecule has 3 rings (SSSR count). The van der Waals surface area contributed by atoms with E-state index >= 15 is 0 Å². The molecule has 2 aromatic heterocycles. The number of rotatable bonds is 2. The van der Waals surface area contributed by atoms with Gasteiger partial charge in [0.25, 0.3) is 0 Å². The number of aryl methyl sites for hydroxylation is 3. The highest BCUT2D eigenvalue weighted by molar-refractivity contribution is 5.87. The molecule has 92 valence electrons. The lowest BCUT2D eigenvalue weighted by Crippen LogP contribution is -1.85. The van der Waals surface area contributed by atoms with Gasteiger partial charge >= 0.3 is 0 Å². The summed E-state index contributed by atoms with van der Waals surface area (Å²) in [6, 6.07) is 8.58. The molecule has 1 N–H and O–H groups in total. The number of nitrogens with zero attached hydrogens (tertiary/aromatic N) is 1. The minimum absolute atomic E-state index is 0.870. The molecule has 0 radical (unpaired) electrons. The van der Waals surface area contributed by atoms with Crippen LogP contribution in [0.2, 0.25) is 0 Å². The van der Waals surface area contributed by atoms with Crippen LogP contribution in [0.15, 0.2) is 28.8 Å². The number of benzene rings is 1. The standard InChI is InChI=1S/C15H16N2O/c1-4-12-15(10(3)18-17-12)14-8-11-7-9(2)5-6-13(11)16-14/h5-8,16H,4H2,1-3H3. The SMILES string of the molecule is CCc1noc(C)c1-c1cc2cc(C)ccc2[nH]1. The van der Waals surface area contributed by atoms with Crippen LogP contribution in [0, 0.1) is 13.8 Å². The highest BCUT2D eigenvalue weighted by atomic mass is 16.5. The maximum Gasteiger partial charge on any atom is 0.143 e.